The zero-order chi connectivity index (χ0) is 16.5. The third-order valence-corrected chi connectivity index (χ3v) is 3.16. The number of esters is 1. The normalized spacial score (nSPS) is 20.9. The minimum Gasteiger partial charge on any atom is -0.499 e. The molecule has 8 heteroatoms. The number of ether oxygens (including phenoxy) is 3. The highest BCUT2D eigenvalue weighted by atomic mass is 16.6. The van der Waals surface area contributed by atoms with Crippen LogP contribution in [0.15, 0.2) is 11.5 Å². The van der Waals surface area contributed by atoms with Gasteiger partial charge < -0.3 is 34.6 Å². The van der Waals surface area contributed by atoms with Crippen LogP contribution < -0.4 is 0 Å². The number of carbonyl (C=O) groups excluding carboxylic acids is 1. The molecular weight excluding hydrogens is 296 g/mol. The number of aliphatic hydroxyl groups excluding tert-OH is 4. The summed E-state index contributed by atoms with van der Waals surface area (Å²) >= 11 is 0. The molecule has 0 aliphatic carbocycles. The first-order chi connectivity index (χ1) is 10.5. The minimum atomic E-state index is -1.16. The summed E-state index contributed by atoms with van der Waals surface area (Å²) in [5.41, 5.74) is 0. The van der Waals surface area contributed by atoms with Gasteiger partial charge in [0.25, 0.3) is 0 Å². The molecule has 1 rings (SSSR count). The Hall–Kier alpha value is -1.35. The lowest BCUT2D eigenvalue weighted by molar-refractivity contribution is -0.151. The summed E-state index contributed by atoms with van der Waals surface area (Å²) in [7, 11) is 0. The minimum absolute atomic E-state index is 0.202. The number of hydrogen-bond donors (Lipinski definition) is 4. The maximum atomic E-state index is 11.4. The maximum Gasteiger partial charge on any atom is 0.378 e. The van der Waals surface area contributed by atoms with Gasteiger partial charge in [0.15, 0.2) is 11.9 Å². The molecule has 0 bridgehead atoms. The Morgan fingerprint density at radius 1 is 1.27 bits per heavy atom. The lowest BCUT2D eigenvalue weighted by Gasteiger charge is -2.23. The van der Waals surface area contributed by atoms with E-state index in [1.54, 1.807) is 0 Å². The van der Waals surface area contributed by atoms with E-state index in [-0.39, 0.29) is 12.4 Å². The van der Waals surface area contributed by atoms with Crippen molar-refractivity contribution in [3.8, 4) is 0 Å². The van der Waals surface area contributed by atoms with E-state index in [0.29, 0.717) is 6.61 Å². The summed E-state index contributed by atoms with van der Waals surface area (Å²) < 4.78 is 15.6. The molecule has 8 nitrogen and oxygen atoms in total. The van der Waals surface area contributed by atoms with Crippen molar-refractivity contribution in [3.05, 3.63) is 11.5 Å². The van der Waals surface area contributed by atoms with Crippen molar-refractivity contribution in [3.63, 3.8) is 0 Å². The van der Waals surface area contributed by atoms with Gasteiger partial charge in [0, 0.05) is 6.61 Å². The monoisotopic (exact) mass is 320 g/mol. The van der Waals surface area contributed by atoms with Crippen molar-refractivity contribution in [2.24, 2.45) is 0 Å². The number of carbonyl (C=O) groups is 1. The third kappa shape index (κ3) is 5.13. The van der Waals surface area contributed by atoms with Crippen LogP contribution in [0.5, 0.6) is 0 Å². The summed E-state index contributed by atoms with van der Waals surface area (Å²) in [6.45, 7) is 1.15. The average Bonchev–Trinajstić information content (AvgIpc) is 2.80. The molecule has 1 unspecified atom stereocenters. The Morgan fingerprint density at radius 3 is 2.59 bits per heavy atom. The number of cyclic esters (lactones) is 1. The van der Waals surface area contributed by atoms with Crippen molar-refractivity contribution >= 4 is 5.97 Å². The summed E-state index contributed by atoms with van der Waals surface area (Å²) in [6.07, 6.45) is -0.329. The highest BCUT2D eigenvalue weighted by molar-refractivity contribution is 5.89. The molecule has 0 radical (unpaired) electrons. The highest BCUT2D eigenvalue weighted by Gasteiger charge is 2.41. The van der Waals surface area contributed by atoms with Gasteiger partial charge in [0.2, 0.25) is 5.76 Å². The van der Waals surface area contributed by atoms with Crippen molar-refractivity contribution in [2.45, 2.75) is 44.5 Å². The SMILES string of the molecule is CCCCCO[C@@H](CO)[C@H]1OC(=O)C(O)=C1OCC(O)CO. The van der Waals surface area contributed by atoms with Crippen LogP contribution in [0.4, 0.5) is 0 Å². The van der Waals surface area contributed by atoms with Crippen molar-refractivity contribution in [1.82, 2.24) is 0 Å². The van der Waals surface area contributed by atoms with E-state index in [9.17, 15) is 20.1 Å². The number of unbranched alkanes of at least 4 members (excludes halogenated alkanes) is 2. The van der Waals surface area contributed by atoms with Crippen LogP contribution in [0.25, 0.3) is 0 Å². The van der Waals surface area contributed by atoms with E-state index in [4.69, 9.17) is 19.3 Å². The molecule has 0 saturated heterocycles. The van der Waals surface area contributed by atoms with Gasteiger partial charge in [-0.1, -0.05) is 19.8 Å². The Kier molecular flexibility index (Phi) is 8.18. The van der Waals surface area contributed by atoms with Gasteiger partial charge in [-0.05, 0) is 6.42 Å². The fraction of sp³-hybridized carbons (Fsp3) is 0.786. The first-order valence-corrected chi connectivity index (χ1v) is 7.33. The molecule has 0 saturated carbocycles. The quantitative estimate of drug-likeness (QED) is 0.300. The van der Waals surface area contributed by atoms with Crippen LogP contribution in [-0.4, -0.2) is 71.1 Å². The van der Waals surface area contributed by atoms with Crippen LogP contribution in [0.3, 0.4) is 0 Å². The van der Waals surface area contributed by atoms with E-state index < -0.39 is 43.3 Å². The molecule has 0 amide bonds. The maximum absolute atomic E-state index is 11.4. The standard InChI is InChI=1S/C14H24O8/c1-2-3-4-5-20-10(7-16)12-13(11(18)14(19)22-12)21-8-9(17)6-15/h9-10,12,15-18H,2-8H2,1H3/t9?,10-,12+/m0/s1. The summed E-state index contributed by atoms with van der Waals surface area (Å²) in [5, 5.41) is 37.1. The van der Waals surface area contributed by atoms with E-state index in [0.717, 1.165) is 19.3 Å². The lowest BCUT2D eigenvalue weighted by atomic mass is 10.1. The van der Waals surface area contributed by atoms with E-state index in [1.807, 2.05) is 6.92 Å². The molecule has 0 aromatic carbocycles. The fourth-order valence-electron chi connectivity index (χ4n) is 1.92. The first-order valence-electron chi connectivity index (χ1n) is 7.33. The second kappa shape index (κ2) is 9.62. The van der Waals surface area contributed by atoms with Crippen LogP contribution >= 0.6 is 0 Å². The molecule has 22 heavy (non-hydrogen) atoms. The largest absolute Gasteiger partial charge is 0.499 e. The van der Waals surface area contributed by atoms with Gasteiger partial charge >= 0.3 is 5.97 Å². The zero-order valence-corrected chi connectivity index (χ0v) is 12.6. The van der Waals surface area contributed by atoms with Gasteiger partial charge in [-0.15, -0.1) is 0 Å². The molecule has 3 atom stereocenters. The molecule has 1 heterocycles. The van der Waals surface area contributed by atoms with Crippen LogP contribution in [-0.2, 0) is 19.0 Å². The second-order valence-electron chi connectivity index (χ2n) is 4.99. The fourth-order valence-corrected chi connectivity index (χ4v) is 1.92. The van der Waals surface area contributed by atoms with E-state index in [1.165, 1.54) is 0 Å². The van der Waals surface area contributed by atoms with Crippen LogP contribution in [0.1, 0.15) is 26.2 Å². The van der Waals surface area contributed by atoms with Crippen molar-refractivity contribution in [2.75, 3.05) is 26.4 Å². The van der Waals surface area contributed by atoms with Crippen molar-refractivity contribution in [1.29, 1.82) is 0 Å². The molecule has 0 spiro atoms. The van der Waals surface area contributed by atoms with Crippen molar-refractivity contribution < 1.29 is 39.4 Å². The zero-order valence-electron chi connectivity index (χ0n) is 12.6. The highest BCUT2D eigenvalue weighted by Crippen LogP contribution is 2.26. The Morgan fingerprint density at radius 2 is 2.00 bits per heavy atom. The van der Waals surface area contributed by atoms with Crippen LogP contribution in [0, 0.1) is 0 Å². The Balaban J connectivity index is 2.66. The molecule has 128 valence electrons. The molecule has 1 aliphatic rings. The number of hydrogen-bond acceptors (Lipinski definition) is 8. The van der Waals surface area contributed by atoms with E-state index >= 15 is 0 Å². The smallest absolute Gasteiger partial charge is 0.378 e. The van der Waals surface area contributed by atoms with Gasteiger partial charge in [0.05, 0.1) is 13.2 Å². The summed E-state index contributed by atoms with van der Waals surface area (Å²) in [4.78, 5) is 11.4. The third-order valence-electron chi connectivity index (χ3n) is 3.16. The topological polar surface area (TPSA) is 126 Å². The van der Waals surface area contributed by atoms with E-state index in [2.05, 4.69) is 0 Å². The number of aliphatic hydroxyl groups is 4. The predicted molar refractivity (Wildman–Crippen MR) is 74.9 cm³/mol. The van der Waals surface area contributed by atoms with Gasteiger partial charge in [-0.25, -0.2) is 4.79 Å². The molecule has 0 aromatic rings. The molecule has 0 fully saturated rings. The molecule has 0 aromatic heterocycles. The van der Waals surface area contributed by atoms with Gasteiger partial charge in [0.1, 0.15) is 18.8 Å². The second-order valence-corrected chi connectivity index (χ2v) is 4.99. The molecule has 4 N–H and O–H groups in total. The Labute approximate surface area is 128 Å². The van der Waals surface area contributed by atoms with Gasteiger partial charge in [-0.3, -0.25) is 0 Å². The lowest BCUT2D eigenvalue weighted by Crippen LogP contribution is -2.36. The molecular formula is C14H24O8. The first kappa shape index (κ1) is 18.7. The molecule has 1 aliphatic heterocycles. The predicted octanol–water partition coefficient (Wildman–Crippen LogP) is -0.381. The summed E-state index contributed by atoms with van der Waals surface area (Å²) in [5.74, 6) is -1.90. The number of rotatable bonds is 11. The average molecular weight is 320 g/mol. The Bertz CT molecular complexity index is 381. The summed E-state index contributed by atoms with van der Waals surface area (Å²) in [6, 6.07) is 0. The van der Waals surface area contributed by atoms with Crippen LogP contribution in [0.2, 0.25) is 0 Å². The van der Waals surface area contributed by atoms with Gasteiger partial charge in [-0.2, -0.15) is 0 Å².